The summed E-state index contributed by atoms with van der Waals surface area (Å²) in [5.74, 6) is 0.484. The third kappa shape index (κ3) is 4.93. The first-order valence-electron chi connectivity index (χ1n) is 7.32. The second-order valence-corrected chi connectivity index (χ2v) is 6.28. The van der Waals surface area contributed by atoms with Gasteiger partial charge in [-0.25, -0.2) is 5.43 Å². The SMILES string of the molecule is Cc1ccccc1C(=O)N/N=C\c1cc(Br)ccc1OC(C)C. The van der Waals surface area contributed by atoms with Gasteiger partial charge < -0.3 is 4.74 Å². The number of aryl methyl sites for hydroxylation is 1. The number of nitrogens with one attached hydrogen (secondary N) is 1. The van der Waals surface area contributed by atoms with E-state index < -0.39 is 0 Å². The summed E-state index contributed by atoms with van der Waals surface area (Å²) in [5, 5.41) is 4.04. The summed E-state index contributed by atoms with van der Waals surface area (Å²) in [4.78, 5) is 12.1. The molecule has 0 radical (unpaired) electrons. The summed E-state index contributed by atoms with van der Waals surface area (Å²) in [5.41, 5.74) is 4.86. The van der Waals surface area contributed by atoms with E-state index in [2.05, 4.69) is 26.5 Å². The molecule has 0 bridgehead atoms. The number of carbonyl (C=O) groups is 1. The molecule has 0 atom stereocenters. The number of hydrogen-bond donors (Lipinski definition) is 1. The Morgan fingerprint density at radius 3 is 2.70 bits per heavy atom. The highest BCUT2D eigenvalue weighted by Gasteiger charge is 2.07. The van der Waals surface area contributed by atoms with Gasteiger partial charge in [0.05, 0.1) is 12.3 Å². The molecular formula is C18H19BrN2O2. The van der Waals surface area contributed by atoms with Crippen LogP contribution >= 0.6 is 15.9 Å². The number of hydrogen-bond acceptors (Lipinski definition) is 3. The third-order valence-corrected chi connectivity index (χ3v) is 3.59. The largest absolute Gasteiger partial charge is 0.490 e. The second-order valence-electron chi connectivity index (χ2n) is 5.36. The van der Waals surface area contributed by atoms with Gasteiger partial charge in [-0.15, -0.1) is 0 Å². The number of nitrogens with zero attached hydrogens (tertiary/aromatic N) is 1. The molecule has 23 heavy (non-hydrogen) atoms. The van der Waals surface area contributed by atoms with Gasteiger partial charge in [0.25, 0.3) is 5.91 Å². The first-order valence-corrected chi connectivity index (χ1v) is 8.12. The van der Waals surface area contributed by atoms with Crippen LogP contribution in [0.3, 0.4) is 0 Å². The van der Waals surface area contributed by atoms with Crippen molar-refractivity contribution in [3.05, 3.63) is 63.6 Å². The van der Waals surface area contributed by atoms with Crippen molar-refractivity contribution in [3.63, 3.8) is 0 Å². The minimum Gasteiger partial charge on any atom is -0.490 e. The predicted molar refractivity (Wildman–Crippen MR) is 96.1 cm³/mol. The van der Waals surface area contributed by atoms with Crippen LogP contribution in [0.1, 0.15) is 35.3 Å². The van der Waals surface area contributed by atoms with Crippen LogP contribution in [-0.2, 0) is 0 Å². The van der Waals surface area contributed by atoms with Gasteiger partial charge in [-0.05, 0) is 50.6 Å². The molecule has 0 heterocycles. The standard InChI is InChI=1S/C18H19BrN2O2/c1-12(2)23-17-9-8-15(19)10-14(17)11-20-21-18(22)16-7-5-4-6-13(16)3/h4-12H,1-3H3,(H,21,22)/b20-11-. The fraction of sp³-hybridized carbons (Fsp3) is 0.222. The van der Waals surface area contributed by atoms with Gasteiger partial charge >= 0.3 is 0 Å². The molecule has 0 saturated carbocycles. The van der Waals surface area contributed by atoms with Crippen molar-refractivity contribution in [2.24, 2.45) is 5.10 Å². The first-order chi connectivity index (χ1) is 11.0. The molecule has 0 aliphatic carbocycles. The van der Waals surface area contributed by atoms with E-state index in [-0.39, 0.29) is 12.0 Å². The minimum atomic E-state index is -0.235. The molecule has 0 fully saturated rings. The summed E-state index contributed by atoms with van der Waals surface area (Å²) < 4.78 is 6.65. The van der Waals surface area contributed by atoms with Crippen molar-refractivity contribution in [2.45, 2.75) is 26.9 Å². The predicted octanol–water partition coefficient (Wildman–Crippen LogP) is 4.31. The Morgan fingerprint density at radius 1 is 1.26 bits per heavy atom. The Kier molecular flexibility index (Phi) is 5.93. The number of ether oxygens (including phenoxy) is 1. The van der Waals surface area contributed by atoms with E-state index in [1.807, 2.05) is 57.2 Å². The van der Waals surface area contributed by atoms with Crippen LogP contribution in [0.4, 0.5) is 0 Å². The van der Waals surface area contributed by atoms with Crippen LogP contribution in [0.2, 0.25) is 0 Å². The number of halogens is 1. The second kappa shape index (κ2) is 7.92. The Morgan fingerprint density at radius 2 is 2.00 bits per heavy atom. The molecule has 4 nitrogen and oxygen atoms in total. The van der Waals surface area contributed by atoms with E-state index in [4.69, 9.17) is 4.74 Å². The third-order valence-electron chi connectivity index (χ3n) is 3.09. The molecule has 2 rings (SSSR count). The summed E-state index contributed by atoms with van der Waals surface area (Å²) in [7, 11) is 0. The molecular weight excluding hydrogens is 356 g/mol. The number of benzene rings is 2. The number of amides is 1. The van der Waals surface area contributed by atoms with Crippen LogP contribution in [-0.4, -0.2) is 18.2 Å². The lowest BCUT2D eigenvalue weighted by Gasteiger charge is -2.12. The highest BCUT2D eigenvalue weighted by molar-refractivity contribution is 9.10. The smallest absolute Gasteiger partial charge is 0.271 e. The van der Waals surface area contributed by atoms with Gasteiger partial charge in [0, 0.05) is 15.6 Å². The summed E-state index contributed by atoms with van der Waals surface area (Å²) in [6.07, 6.45) is 1.64. The topological polar surface area (TPSA) is 50.7 Å². The van der Waals surface area contributed by atoms with E-state index in [1.54, 1.807) is 12.3 Å². The molecule has 0 spiro atoms. The summed E-state index contributed by atoms with van der Waals surface area (Å²) in [6.45, 7) is 5.81. The van der Waals surface area contributed by atoms with Crippen LogP contribution in [0.25, 0.3) is 0 Å². The molecule has 120 valence electrons. The van der Waals surface area contributed by atoms with Crippen molar-refractivity contribution in [1.29, 1.82) is 0 Å². The van der Waals surface area contributed by atoms with Crippen molar-refractivity contribution in [2.75, 3.05) is 0 Å². The highest BCUT2D eigenvalue weighted by atomic mass is 79.9. The maximum absolute atomic E-state index is 12.1. The van der Waals surface area contributed by atoms with Gasteiger partial charge in [0.2, 0.25) is 0 Å². The van der Waals surface area contributed by atoms with Gasteiger partial charge in [-0.2, -0.15) is 5.10 Å². The van der Waals surface area contributed by atoms with Crippen molar-refractivity contribution >= 4 is 28.1 Å². The fourth-order valence-electron chi connectivity index (χ4n) is 2.03. The Bertz CT molecular complexity index is 727. The molecule has 0 aromatic heterocycles. The average molecular weight is 375 g/mol. The van der Waals surface area contributed by atoms with E-state index in [0.29, 0.717) is 5.56 Å². The van der Waals surface area contributed by atoms with Crippen LogP contribution < -0.4 is 10.2 Å². The van der Waals surface area contributed by atoms with Gasteiger partial charge in [-0.3, -0.25) is 4.79 Å². The lowest BCUT2D eigenvalue weighted by Crippen LogP contribution is -2.18. The van der Waals surface area contributed by atoms with Gasteiger partial charge in [0.1, 0.15) is 5.75 Å². The lowest BCUT2D eigenvalue weighted by atomic mass is 10.1. The van der Waals surface area contributed by atoms with Crippen LogP contribution in [0.5, 0.6) is 5.75 Å². The van der Waals surface area contributed by atoms with Crippen LogP contribution in [0, 0.1) is 6.92 Å². The zero-order chi connectivity index (χ0) is 16.8. The molecule has 0 aliphatic rings. The monoisotopic (exact) mass is 374 g/mol. The molecule has 1 N–H and O–H groups in total. The minimum absolute atomic E-state index is 0.0601. The Balaban J connectivity index is 2.13. The molecule has 0 unspecified atom stereocenters. The normalized spacial score (nSPS) is 11.0. The van der Waals surface area contributed by atoms with E-state index >= 15 is 0 Å². The Labute approximate surface area is 144 Å². The van der Waals surface area contributed by atoms with Gasteiger partial charge in [-0.1, -0.05) is 34.1 Å². The van der Waals surface area contributed by atoms with Gasteiger partial charge in [0.15, 0.2) is 0 Å². The molecule has 5 heteroatoms. The van der Waals surface area contributed by atoms with E-state index in [0.717, 1.165) is 21.3 Å². The highest BCUT2D eigenvalue weighted by Crippen LogP contribution is 2.22. The quantitative estimate of drug-likeness (QED) is 0.626. The number of carbonyl (C=O) groups excluding carboxylic acids is 1. The maximum Gasteiger partial charge on any atom is 0.271 e. The van der Waals surface area contributed by atoms with Crippen molar-refractivity contribution < 1.29 is 9.53 Å². The molecule has 1 amide bonds. The van der Waals surface area contributed by atoms with E-state index in [1.165, 1.54) is 0 Å². The summed E-state index contributed by atoms with van der Waals surface area (Å²) in [6, 6.07) is 13.0. The first kappa shape index (κ1) is 17.2. The zero-order valence-electron chi connectivity index (χ0n) is 13.3. The van der Waals surface area contributed by atoms with Crippen molar-refractivity contribution in [1.82, 2.24) is 5.43 Å². The number of hydrazone groups is 1. The van der Waals surface area contributed by atoms with E-state index in [9.17, 15) is 4.79 Å². The van der Waals surface area contributed by atoms with Crippen molar-refractivity contribution in [3.8, 4) is 5.75 Å². The maximum atomic E-state index is 12.1. The Hall–Kier alpha value is -2.14. The fourth-order valence-corrected chi connectivity index (χ4v) is 2.41. The molecule has 2 aromatic carbocycles. The molecule has 0 aliphatic heterocycles. The van der Waals surface area contributed by atoms with Crippen LogP contribution in [0.15, 0.2) is 52.0 Å². The molecule has 0 saturated heterocycles. The molecule has 2 aromatic rings. The summed E-state index contributed by atoms with van der Waals surface area (Å²) >= 11 is 3.43. The number of rotatable bonds is 5. The average Bonchev–Trinajstić information content (AvgIpc) is 2.50. The zero-order valence-corrected chi connectivity index (χ0v) is 14.9. The lowest BCUT2D eigenvalue weighted by molar-refractivity contribution is 0.0954.